The lowest BCUT2D eigenvalue weighted by atomic mass is 10.1. The van der Waals surface area contributed by atoms with E-state index in [4.69, 9.17) is 4.42 Å². The van der Waals surface area contributed by atoms with Crippen molar-refractivity contribution in [1.82, 2.24) is 25.3 Å². The highest BCUT2D eigenvalue weighted by atomic mass is 16.3. The van der Waals surface area contributed by atoms with E-state index in [2.05, 4.69) is 20.4 Å². The van der Waals surface area contributed by atoms with Crippen molar-refractivity contribution in [3.05, 3.63) is 46.6 Å². The maximum absolute atomic E-state index is 12.7. The van der Waals surface area contributed by atoms with Gasteiger partial charge in [0.05, 0.1) is 12.2 Å². The Balaban J connectivity index is 1.49. The lowest BCUT2D eigenvalue weighted by molar-refractivity contribution is 0.0777. The Morgan fingerprint density at radius 3 is 2.85 bits per heavy atom. The van der Waals surface area contributed by atoms with Crippen LogP contribution in [0.4, 0.5) is 0 Å². The van der Waals surface area contributed by atoms with Crippen LogP contribution >= 0.6 is 0 Å². The summed E-state index contributed by atoms with van der Waals surface area (Å²) in [5.41, 5.74) is 4.56. The SMILES string of the molecule is Cc1ccc(-c2cc(C(=O)N(C)Cc3n[nH]c4c3CCCCC4)n[nH]2)o1. The van der Waals surface area contributed by atoms with Crippen LogP contribution in [0.15, 0.2) is 22.6 Å². The normalized spacial score (nSPS) is 14.1. The highest BCUT2D eigenvalue weighted by molar-refractivity contribution is 5.93. The molecule has 26 heavy (non-hydrogen) atoms. The van der Waals surface area contributed by atoms with Gasteiger partial charge in [-0.2, -0.15) is 10.2 Å². The van der Waals surface area contributed by atoms with E-state index in [1.54, 1.807) is 18.0 Å². The van der Waals surface area contributed by atoms with Gasteiger partial charge in [0, 0.05) is 18.8 Å². The number of carbonyl (C=O) groups excluding carboxylic acids is 1. The molecule has 7 heteroatoms. The molecule has 0 saturated heterocycles. The molecule has 3 heterocycles. The molecule has 0 spiro atoms. The average molecular weight is 353 g/mol. The van der Waals surface area contributed by atoms with E-state index in [9.17, 15) is 4.79 Å². The number of rotatable bonds is 4. The van der Waals surface area contributed by atoms with Crippen molar-refractivity contribution in [3.8, 4) is 11.5 Å². The molecule has 0 aromatic carbocycles. The minimum Gasteiger partial charge on any atom is -0.460 e. The summed E-state index contributed by atoms with van der Waals surface area (Å²) in [7, 11) is 1.78. The molecule has 136 valence electrons. The van der Waals surface area contributed by atoms with Gasteiger partial charge in [-0.25, -0.2) is 0 Å². The van der Waals surface area contributed by atoms with E-state index in [-0.39, 0.29) is 5.91 Å². The van der Waals surface area contributed by atoms with Crippen LogP contribution in [0.3, 0.4) is 0 Å². The van der Waals surface area contributed by atoms with E-state index >= 15 is 0 Å². The first kappa shape index (κ1) is 16.6. The molecule has 0 fully saturated rings. The van der Waals surface area contributed by atoms with Crippen molar-refractivity contribution in [2.45, 2.75) is 45.6 Å². The maximum atomic E-state index is 12.7. The molecule has 1 aliphatic carbocycles. The highest BCUT2D eigenvalue weighted by Crippen LogP contribution is 2.23. The highest BCUT2D eigenvalue weighted by Gasteiger charge is 2.21. The zero-order valence-corrected chi connectivity index (χ0v) is 15.1. The minimum absolute atomic E-state index is 0.138. The first-order valence-electron chi connectivity index (χ1n) is 9.04. The number of aryl methyl sites for hydroxylation is 2. The summed E-state index contributed by atoms with van der Waals surface area (Å²) in [4.78, 5) is 14.4. The number of nitrogens with zero attached hydrogens (tertiary/aromatic N) is 3. The Kier molecular flexibility index (Phi) is 4.36. The lowest BCUT2D eigenvalue weighted by Crippen LogP contribution is -2.27. The quantitative estimate of drug-likeness (QED) is 0.705. The zero-order valence-electron chi connectivity index (χ0n) is 15.1. The molecule has 0 atom stereocenters. The average Bonchev–Trinajstić information content (AvgIpc) is 3.32. The standard InChI is InChI=1S/C19H23N5O2/c1-12-8-9-18(26-12)15-10-16(22-21-15)19(25)24(2)11-17-13-6-4-3-5-7-14(13)20-23-17/h8-10H,3-7,11H2,1-2H3,(H,20,23)(H,21,22). The third-order valence-corrected chi connectivity index (χ3v) is 4.93. The third-order valence-electron chi connectivity index (χ3n) is 4.93. The van der Waals surface area contributed by atoms with Crippen LogP contribution in [-0.4, -0.2) is 38.2 Å². The van der Waals surface area contributed by atoms with Crippen LogP contribution in [0, 0.1) is 6.92 Å². The van der Waals surface area contributed by atoms with E-state index in [1.165, 1.54) is 30.5 Å². The molecule has 0 saturated carbocycles. The molecule has 0 radical (unpaired) electrons. The van der Waals surface area contributed by atoms with Crippen LogP contribution in [0.2, 0.25) is 0 Å². The van der Waals surface area contributed by atoms with Crippen LogP contribution in [-0.2, 0) is 19.4 Å². The fourth-order valence-electron chi connectivity index (χ4n) is 3.49. The molecule has 7 nitrogen and oxygen atoms in total. The molecular formula is C19H23N5O2. The second-order valence-corrected chi connectivity index (χ2v) is 6.93. The van der Waals surface area contributed by atoms with Gasteiger partial charge >= 0.3 is 0 Å². The molecule has 1 aliphatic rings. The van der Waals surface area contributed by atoms with Crippen molar-refractivity contribution in [2.75, 3.05) is 7.05 Å². The lowest BCUT2D eigenvalue weighted by Gasteiger charge is -2.15. The number of aromatic nitrogens is 4. The number of hydrogen-bond acceptors (Lipinski definition) is 4. The van der Waals surface area contributed by atoms with Gasteiger partial charge < -0.3 is 9.32 Å². The number of hydrogen-bond donors (Lipinski definition) is 2. The molecule has 3 aromatic heterocycles. The van der Waals surface area contributed by atoms with Crippen LogP contribution in [0.5, 0.6) is 0 Å². The van der Waals surface area contributed by atoms with Gasteiger partial charge in [0.2, 0.25) is 0 Å². The maximum Gasteiger partial charge on any atom is 0.274 e. The smallest absolute Gasteiger partial charge is 0.274 e. The fourth-order valence-corrected chi connectivity index (χ4v) is 3.49. The van der Waals surface area contributed by atoms with Crippen LogP contribution < -0.4 is 0 Å². The summed E-state index contributed by atoms with van der Waals surface area (Å²) in [6.07, 6.45) is 5.71. The van der Waals surface area contributed by atoms with Crippen molar-refractivity contribution in [3.63, 3.8) is 0 Å². The van der Waals surface area contributed by atoms with Crippen LogP contribution in [0.1, 0.15) is 52.5 Å². The monoisotopic (exact) mass is 353 g/mol. The molecule has 1 amide bonds. The largest absolute Gasteiger partial charge is 0.460 e. The molecule has 0 aliphatic heterocycles. The van der Waals surface area contributed by atoms with Crippen molar-refractivity contribution >= 4 is 5.91 Å². The second-order valence-electron chi connectivity index (χ2n) is 6.93. The Hall–Kier alpha value is -2.83. The van der Waals surface area contributed by atoms with Gasteiger partial charge in [-0.3, -0.25) is 15.0 Å². The molecular weight excluding hydrogens is 330 g/mol. The number of aromatic amines is 2. The Morgan fingerprint density at radius 1 is 1.19 bits per heavy atom. The Morgan fingerprint density at radius 2 is 2.04 bits per heavy atom. The molecule has 4 rings (SSSR count). The predicted molar refractivity (Wildman–Crippen MR) is 96.7 cm³/mol. The number of H-pyrrole nitrogens is 2. The number of fused-ring (bicyclic) bond motifs is 1. The van der Waals surface area contributed by atoms with E-state index in [0.717, 1.165) is 24.3 Å². The van der Waals surface area contributed by atoms with Gasteiger partial charge in [-0.15, -0.1) is 0 Å². The molecule has 0 unspecified atom stereocenters. The van der Waals surface area contributed by atoms with Gasteiger partial charge in [0.1, 0.15) is 11.5 Å². The van der Waals surface area contributed by atoms with Crippen molar-refractivity contribution < 1.29 is 9.21 Å². The summed E-state index contributed by atoms with van der Waals surface area (Å²) in [5, 5.41) is 14.6. The number of furan rings is 1. The van der Waals surface area contributed by atoms with Gasteiger partial charge in [-0.1, -0.05) is 6.42 Å². The fraction of sp³-hybridized carbons (Fsp3) is 0.421. The van der Waals surface area contributed by atoms with Crippen molar-refractivity contribution in [2.24, 2.45) is 0 Å². The minimum atomic E-state index is -0.138. The van der Waals surface area contributed by atoms with Gasteiger partial charge in [0.15, 0.2) is 11.5 Å². The molecule has 0 bridgehead atoms. The molecule has 3 aromatic rings. The topological polar surface area (TPSA) is 90.8 Å². The van der Waals surface area contributed by atoms with Gasteiger partial charge in [-0.05, 0) is 50.3 Å². The summed E-state index contributed by atoms with van der Waals surface area (Å²) < 4.78 is 5.57. The summed E-state index contributed by atoms with van der Waals surface area (Å²) >= 11 is 0. The zero-order chi connectivity index (χ0) is 18.1. The summed E-state index contributed by atoms with van der Waals surface area (Å²) in [6, 6.07) is 5.47. The van der Waals surface area contributed by atoms with E-state index < -0.39 is 0 Å². The third kappa shape index (κ3) is 3.16. The van der Waals surface area contributed by atoms with Crippen molar-refractivity contribution in [1.29, 1.82) is 0 Å². The Labute approximate surface area is 151 Å². The number of amides is 1. The first-order valence-corrected chi connectivity index (χ1v) is 9.04. The summed E-state index contributed by atoms with van der Waals surface area (Å²) in [5.74, 6) is 1.36. The predicted octanol–water partition coefficient (Wildman–Crippen LogP) is 3.24. The van der Waals surface area contributed by atoms with Crippen LogP contribution in [0.25, 0.3) is 11.5 Å². The Bertz CT molecular complexity index is 920. The number of carbonyl (C=O) groups is 1. The van der Waals surface area contributed by atoms with Gasteiger partial charge in [0.25, 0.3) is 5.91 Å². The number of nitrogens with one attached hydrogen (secondary N) is 2. The van der Waals surface area contributed by atoms with E-state index in [1.807, 2.05) is 19.1 Å². The summed E-state index contributed by atoms with van der Waals surface area (Å²) in [6.45, 7) is 2.36. The second kappa shape index (κ2) is 6.82. The molecule has 2 N–H and O–H groups in total. The van der Waals surface area contributed by atoms with E-state index in [0.29, 0.717) is 23.7 Å². The first-order chi connectivity index (χ1) is 12.6.